The Bertz CT molecular complexity index is 436. The van der Waals surface area contributed by atoms with Crippen LogP contribution >= 0.6 is 0 Å². The van der Waals surface area contributed by atoms with Crippen molar-refractivity contribution in [2.24, 2.45) is 11.3 Å². The first-order valence-electron chi connectivity index (χ1n) is 8.10. The van der Waals surface area contributed by atoms with Crippen LogP contribution in [0.4, 0.5) is 0 Å². The van der Waals surface area contributed by atoms with Crippen LogP contribution in [0.5, 0.6) is 0 Å². The maximum absolute atomic E-state index is 4.04. The molecule has 0 aromatic heterocycles. The molecule has 1 rings (SSSR count). The number of rotatable bonds is 7. The fraction of sp³-hybridized carbons (Fsp3) is 0.600. The van der Waals surface area contributed by atoms with Gasteiger partial charge in [-0.1, -0.05) is 71.9 Å². The van der Waals surface area contributed by atoms with E-state index in [9.17, 15) is 0 Å². The van der Waals surface area contributed by atoms with Gasteiger partial charge in [0.15, 0.2) is 0 Å². The Kier molecular flexibility index (Phi) is 6.22. The van der Waals surface area contributed by atoms with E-state index in [1.54, 1.807) is 0 Å². The molecule has 0 aliphatic carbocycles. The van der Waals surface area contributed by atoms with Crippen molar-refractivity contribution in [1.29, 1.82) is 0 Å². The first kappa shape index (κ1) is 18.0. The Hall–Kier alpha value is -1.08. The minimum atomic E-state index is 0.109. The third kappa shape index (κ3) is 6.05. The summed E-state index contributed by atoms with van der Waals surface area (Å²) in [5, 5.41) is 3.56. The van der Waals surface area contributed by atoms with E-state index in [0.29, 0.717) is 5.92 Å². The van der Waals surface area contributed by atoms with Crippen molar-refractivity contribution >= 4 is 0 Å². The lowest BCUT2D eigenvalue weighted by Gasteiger charge is -2.27. The molecule has 1 unspecified atom stereocenters. The summed E-state index contributed by atoms with van der Waals surface area (Å²) in [6.07, 6.45) is 3.13. The molecule has 0 heterocycles. The van der Waals surface area contributed by atoms with Gasteiger partial charge in [0.2, 0.25) is 0 Å². The van der Waals surface area contributed by atoms with Crippen molar-refractivity contribution in [2.75, 3.05) is 13.1 Å². The minimum absolute atomic E-state index is 0.109. The molecule has 1 aromatic rings. The molecule has 0 bridgehead atoms. The summed E-state index contributed by atoms with van der Waals surface area (Å²) < 4.78 is 0. The maximum Gasteiger partial charge on any atom is 0.00431 e. The monoisotopic (exact) mass is 287 g/mol. The van der Waals surface area contributed by atoms with Crippen molar-refractivity contribution in [3.63, 3.8) is 0 Å². The molecule has 21 heavy (non-hydrogen) atoms. The van der Waals surface area contributed by atoms with Crippen LogP contribution in [0.2, 0.25) is 0 Å². The molecular weight excluding hydrogens is 254 g/mol. The smallest absolute Gasteiger partial charge is 0.00431 e. The quantitative estimate of drug-likeness (QED) is 0.699. The molecule has 0 spiro atoms. The Morgan fingerprint density at radius 1 is 1.10 bits per heavy atom. The average molecular weight is 287 g/mol. The van der Waals surface area contributed by atoms with Gasteiger partial charge in [0.1, 0.15) is 0 Å². The predicted octanol–water partition coefficient (Wildman–Crippen LogP) is 4.96. The van der Waals surface area contributed by atoms with E-state index >= 15 is 0 Å². The summed E-state index contributed by atoms with van der Waals surface area (Å²) in [5.74, 6) is 0.685. The van der Waals surface area contributed by atoms with Gasteiger partial charge in [-0.2, -0.15) is 0 Å². The Morgan fingerprint density at radius 2 is 1.67 bits per heavy atom. The lowest BCUT2D eigenvalue weighted by Crippen LogP contribution is -2.34. The van der Waals surface area contributed by atoms with E-state index in [2.05, 4.69) is 83.8 Å². The first-order valence-corrected chi connectivity index (χ1v) is 8.10. The molecule has 0 aliphatic rings. The van der Waals surface area contributed by atoms with Crippen LogP contribution in [0.25, 0.3) is 0 Å². The van der Waals surface area contributed by atoms with Crippen molar-refractivity contribution in [3.05, 3.63) is 48.0 Å². The van der Waals surface area contributed by atoms with E-state index in [1.807, 2.05) is 0 Å². The van der Waals surface area contributed by atoms with Crippen LogP contribution in [0.15, 0.2) is 36.9 Å². The summed E-state index contributed by atoms with van der Waals surface area (Å²) in [6.45, 7) is 19.6. The van der Waals surface area contributed by atoms with Gasteiger partial charge in [0, 0.05) is 12.0 Å². The number of nitrogens with one attached hydrogen (secondary N) is 1. The van der Waals surface area contributed by atoms with Gasteiger partial charge in [0.25, 0.3) is 0 Å². The largest absolute Gasteiger partial charge is 0.316 e. The molecule has 1 aromatic carbocycles. The highest BCUT2D eigenvalue weighted by atomic mass is 14.9. The third-order valence-electron chi connectivity index (χ3n) is 4.00. The molecule has 0 amide bonds. The fourth-order valence-corrected chi connectivity index (χ4v) is 2.44. The molecule has 1 N–H and O–H groups in total. The Morgan fingerprint density at radius 3 is 2.10 bits per heavy atom. The van der Waals surface area contributed by atoms with E-state index in [1.165, 1.54) is 11.1 Å². The highest BCUT2D eigenvalue weighted by Gasteiger charge is 2.21. The zero-order chi connectivity index (χ0) is 16.1. The fourth-order valence-electron chi connectivity index (χ4n) is 2.44. The van der Waals surface area contributed by atoms with Crippen LogP contribution in [-0.2, 0) is 11.8 Å². The molecule has 0 saturated heterocycles. The molecular formula is C20H33N. The summed E-state index contributed by atoms with van der Waals surface area (Å²) in [7, 11) is 0. The van der Waals surface area contributed by atoms with Gasteiger partial charge in [-0.25, -0.2) is 0 Å². The van der Waals surface area contributed by atoms with Gasteiger partial charge < -0.3 is 5.32 Å². The molecule has 1 atom stereocenters. The van der Waals surface area contributed by atoms with Crippen LogP contribution in [-0.4, -0.2) is 13.1 Å². The molecule has 0 aliphatic heterocycles. The van der Waals surface area contributed by atoms with Crippen molar-refractivity contribution in [3.8, 4) is 0 Å². The molecule has 0 saturated carbocycles. The summed E-state index contributed by atoms with van der Waals surface area (Å²) in [5.41, 5.74) is 3.11. The Labute approximate surface area is 131 Å². The lowest BCUT2D eigenvalue weighted by atomic mass is 9.81. The van der Waals surface area contributed by atoms with Gasteiger partial charge in [0.05, 0.1) is 0 Å². The summed E-state index contributed by atoms with van der Waals surface area (Å²) in [6, 6.07) is 9.07. The lowest BCUT2D eigenvalue weighted by molar-refractivity contribution is 0.378. The zero-order valence-electron chi connectivity index (χ0n) is 14.8. The van der Waals surface area contributed by atoms with Crippen molar-refractivity contribution < 1.29 is 0 Å². The van der Waals surface area contributed by atoms with Crippen LogP contribution in [0.3, 0.4) is 0 Å². The minimum Gasteiger partial charge on any atom is -0.316 e. The van der Waals surface area contributed by atoms with Crippen molar-refractivity contribution in [1.82, 2.24) is 5.32 Å². The third-order valence-corrected chi connectivity index (χ3v) is 4.00. The normalized spacial score (nSPS) is 15.0. The van der Waals surface area contributed by atoms with Gasteiger partial charge >= 0.3 is 0 Å². The van der Waals surface area contributed by atoms with Crippen LogP contribution in [0.1, 0.15) is 52.7 Å². The highest BCUT2D eigenvalue weighted by molar-refractivity contribution is 5.28. The second-order valence-corrected chi connectivity index (χ2v) is 8.01. The summed E-state index contributed by atoms with van der Waals surface area (Å²) >= 11 is 0. The van der Waals surface area contributed by atoms with Crippen LogP contribution < -0.4 is 5.32 Å². The zero-order valence-corrected chi connectivity index (χ0v) is 14.8. The first-order chi connectivity index (χ1) is 9.66. The van der Waals surface area contributed by atoms with E-state index in [0.717, 1.165) is 19.5 Å². The number of hydrogen-bond acceptors (Lipinski definition) is 1. The van der Waals surface area contributed by atoms with E-state index in [-0.39, 0.29) is 10.8 Å². The number of hydrogen-bond donors (Lipinski definition) is 1. The van der Waals surface area contributed by atoms with Crippen LogP contribution in [0, 0.1) is 11.3 Å². The molecule has 1 nitrogen and oxygen atoms in total. The number of benzene rings is 1. The SMILES string of the molecule is C=CC(C)(CNCC(C)C)Cc1ccc(C(C)(C)C)cc1. The molecule has 0 fully saturated rings. The van der Waals surface area contributed by atoms with Gasteiger partial charge in [-0.3, -0.25) is 0 Å². The van der Waals surface area contributed by atoms with Gasteiger partial charge in [-0.15, -0.1) is 6.58 Å². The molecule has 1 heteroatoms. The second kappa shape index (κ2) is 7.26. The topological polar surface area (TPSA) is 12.0 Å². The summed E-state index contributed by atoms with van der Waals surface area (Å²) in [4.78, 5) is 0. The van der Waals surface area contributed by atoms with Crippen molar-refractivity contribution in [2.45, 2.75) is 53.4 Å². The van der Waals surface area contributed by atoms with E-state index < -0.39 is 0 Å². The second-order valence-electron chi connectivity index (χ2n) is 8.01. The Balaban J connectivity index is 2.70. The predicted molar refractivity (Wildman–Crippen MR) is 94.9 cm³/mol. The molecule has 0 radical (unpaired) electrons. The highest BCUT2D eigenvalue weighted by Crippen LogP contribution is 2.26. The maximum atomic E-state index is 4.04. The van der Waals surface area contributed by atoms with Gasteiger partial charge in [-0.05, 0) is 35.4 Å². The molecule has 118 valence electrons. The average Bonchev–Trinajstić information content (AvgIpc) is 2.38. The standard InChI is InChI=1S/C20H33N/c1-8-20(7,15-21-14-16(2)3)13-17-9-11-18(12-10-17)19(4,5)6/h8-12,16,21H,1,13-15H2,2-7H3. The van der Waals surface area contributed by atoms with E-state index in [4.69, 9.17) is 0 Å².